The Hall–Kier alpha value is -3.11. The highest BCUT2D eigenvalue weighted by Gasteiger charge is 2.19. The Kier molecular flexibility index (Phi) is 4.65. The summed E-state index contributed by atoms with van der Waals surface area (Å²) >= 11 is 1.50. The number of carbonyl (C=O) groups is 1. The molecule has 134 valence electrons. The van der Waals surface area contributed by atoms with Crippen molar-refractivity contribution in [3.05, 3.63) is 94.4 Å². The fraction of sp³-hybridized carbons (Fsp3) is 0.0870. The highest BCUT2D eigenvalue weighted by Crippen LogP contribution is 2.33. The van der Waals surface area contributed by atoms with Gasteiger partial charge in [0.2, 0.25) is 0 Å². The number of rotatable bonds is 4. The maximum Gasteiger partial charge on any atom is 0.266 e. The summed E-state index contributed by atoms with van der Waals surface area (Å²) in [5, 5.41) is 13.7. The molecule has 0 saturated carbocycles. The number of amides is 1. The summed E-state index contributed by atoms with van der Waals surface area (Å²) in [6.45, 7) is 2.07. The van der Waals surface area contributed by atoms with Gasteiger partial charge in [0.25, 0.3) is 5.91 Å². The molecule has 4 heteroatoms. The Balaban J connectivity index is 1.73. The van der Waals surface area contributed by atoms with Crippen molar-refractivity contribution in [3.8, 4) is 5.75 Å². The maximum atomic E-state index is 13.0. The van der Waals surface area contributed by atoms with Crippen LogP contribution in [0.25, 0.3) is 10.1 Å². The second-order valence-electron chi connectivity index (χ2n) is 6.57. The van der Waals surface area contributed by atoms with Crippen molar-refractivity contribution < 1.29 is 9.90 Å². The van der Waals surface area contributed by atoms with Gasteiger partial charge in [-0.1, -0.05) is 54.1 Å². The van der Waals surface area contributed by atoms with Gasteiger partial charge >= 0.3 is 0 Å². The zero-order chi connectivity index (χ0) is 18.8. The molecule has 3 nitrogen and oxygen atoms in total. The third kappa shape index (κ3) is 3.71. The Morgan fingerprint density at radius 3 is 2.56 bits per heavy atom. The minimum Gasteiger partial charge on any atom is -0.508 e. The van der Waals surface area contributed by atoms with E-state index in [1.807, 2.05) is 18.2 Å². The van der Waals surface area contributed by atoms with Gasteiger partial charge < -0.3 is 10.4 Å². The summed E-state index contributed by atoms with van der Waals surface area (Å²) in [4.78, 5) is 13.7. The van der Waals surface area contributed by atoms with Crippen molar-refractivity contribution in [2.75, 3.05) is 5.32 Å². The molecule has 1 amide bonds. The third-order valence-electron chi connectivity index (χ3n) is 4.51. The molecule has 1 aromatic heterocycles. The molecular weight excluding hydrogens is 354 g/mol. The molecule has 0 unspecified atom stereocenters. The number of anilines is 1. The number of fused-ring (bicyclic) bond motifs is 1. The van der Waals surface area contributed by atoms with E-state index in [2.05, 4.69) is 42.6 Å². The van der Waals surface area contributed by atoms with Gasteiger partial charge in [-0.05, 0) is 48.1 Å². The van der Waals surface area contributed by atoms with E-state index in [1.54, 1.807) is 24.3 Å². The first-order valence-electron chi connectivity index (χ1n) is 8.76. The van der Waals surface area contributed by atoms with Crippen molar-refractivity contribution >= 4 is 33.0 Å². The largest absolute Gasteiger partial charge is 0.508 e. The van der Waals surface area contributed by atoms with Gasteiger partial charge in [0.15, 0.2) is 0 Å². The number of hydrogen-bond acceptors (Lipinski definition) is 3. The van der Waals surface area contributed by atoms with E-state index in [0.29, 0.717) is 17.0 Å². The number of phenolic OH excluding ortho intramolecular Hbond substituents is 1. The lowest BCUT2D eigenvalue weighted by Crippen LogP contribution is -2.12. The van der Waals surface area contributed by atoms with Gasteiger partial charge in [-0.2, -0.15) is 0 Å². The van der Waals surface area contributed by atoms with Crippen molar-refractivity contribution in [1.82, 2.24) is 0 Å². The van der Waals surface area contributed by atoms with Gasteiger partial charge in [0, 0.05) is 16.5 Å². The maximum absolute atomic E-state index is 13.0. The number of benzene rings is 3. The monoisotopic (exact) mass is 373 g/mol. The minimum absolute atomic E-state index is 0.129. The van der Waals surface area contributed by atoms with Gasteiger partial charge in [-0.25, -0.2) is 0 Å². The van der Waals surface area contributed by atoms with Crippen LogP contribution in [0.15, 0.2) is 72.8 Å². The fourth-order valence-corrected chi connectivity index (χ4v) is 4.26. The standard InChI is InChI=1S/C23H19NO2S/c1-15-9-11-16(12-10-15)13-20-19-7-2-3-8-21(19)27-22(20)23(26)24-17-5-4-6-18(25)14-17/h2-12,14,25H,13H2,1H3,(H,24,26). The Bertz CT molecular complexity index is 1110. The average Bonchev–Trinajstić information content (AvgIpc) is 3.02. The molecule has 27 heavy (non-hydrogen) atoms. The summed E-state index contributed by atoms with van der Waals surface area (Å²) < 4.78 is 1.10. The summed E-state index contributed by atoms with van der Waals surface area (Å²) in [6, 6.07) is 23.1. The lowest BCUT2D eigenvalue weighted by atomic mass is 10.0. The van der Waals surface area contributed by atoms with Crippen LogP contribution in [-0.4, -0.2) is 11.0 Å². The van der Waals surface area contributed by atoms with Crippen molar-refractivity contribution in [3.63, 3.8) is 0 Å². The highest BCUT2D eigenvalue weighted by atomic mass is 32.1. The summed E-state index contributed by atoms with van der Waals surface area (Å²) in [5.74, 6) is -0.0204. The van der Waals surface area contributed by atoms with E-state index in [9.17, 15) is 9.90 Å². The number of thiophene rings is 1. The molecule has 0 fully saturated rings. The molecule has 0 aliphatic rings. The van der Waals surface area contributed by atoms with Crippen LogP contribution < -0.4 is 5.32 Å². The second-order valence-corrected chi connectivity index (χ2v) is 7.62. The van der Waals surface area contributed by atoms with E-state index in [4.69, 9.17) is 0 Å². The smallest absolute Gasteiger partial charge is 0.266 e. The number of carbonyl (C=O) groups excluding carboxylic acids is 1. The van der Waals surface area contributed by atoms with Crippen LogP contribution >= 0.6 is 11.3 Å². The van der Waals surface area contributed by atoms with Crippen molar-refractivity contribution in [2.24, 2.45) is 0 Å². The fourth-order valence-electron chi connectivity index (χ4n) is 3.14. The third-order valence-corrected chi connectivity index (χ3v) is 5.72. The summed E-state index contributed by atoms with van der Waals surface area (Å²) in [5.41, 5.74) is 4.02. The Morgan fingerprint density at radius 2 is 1.78 bits per heavy atom. The quantitative estimate of drug-likeness (QED) is 0.478. The number of hydrogen-bond donors (Lipinski definition) is 2. The molecule has 0 saturated heterocycles. The van der Waals surface area contributed by atoms with Crippen LogP contribution in [0.3, 0.4) is 0 Å². The van der Waals surface area contributed by atoms with Crippen LogP contribution in [-0.2, 0) is 6.42 Å². The summed E-state index contributed by atoms with van der Waals surface area (Å²) in [6.07, 6.45) is 0.701. The SMILES string of the molecule is Cc1ccc(Cc2c(C(=O)Nc3cccc(O)c3)sc3ccccc23)cc1. The lowest BCUT2D eigenvalue weighted by molar-refractivity contribution is 0.103. The molecule has 0 atom stereocenters. The van der Waals surface area contributed by atoms with Gasteiger partial charge in [-0.3, -0.25) is 4.79 Å². The van der Waals surface area contributed by atoms with Crippen LogP contribution in [0, 0.1) is 6.92 Å². The molecule has 0 bridgehead atoms. The van der Waals surface area contributed by atoms with E-state index in [1.165, 1.54) is 22.5 Å². The predicted octanol–water partition coefficient (Wildman–Crippen LogP) is 5.76. The number of phenols is 1. The van der Waals surface area contributed by atoms with Crippen molar-refractivity contribution in [2.45, 2.75) is 13.3 Å². The van der Waals surface area contributed by atoms with Gasteiger partial charge in [0.05, 0.1) is 4.88 Å². The molecule has 0 radical (unpaired) electrons. The molecule has 4 aromatic rings. The molecule has 3 aromatic carbocycles. The van der Waals surface area contributed by atoms with Gasteiger partial charge in [-0.15, -0.1) is 11.3 Å². The van der Waals surface area contributed by atoms with Crippen LogP contribution in [0.1, 0.15) is 26.4 Å². The average molecular weight is 373 g/mol. The van der Waals surface area contributed by atoms with E-state index >= 15 is 0 Å². The number of aryl methyl sites for hydroxylation is 1. The Labute approximate surface area is 161 Å². The zero-order valence-electron chi connectivity index (χ0n) is 14.9. The highest BCUT2D eigenvalue weighted by molar-refractivity contribution is 7.21. The Morgan fingerprint density at radius 1 is 1.00 bits per heavy atom. The van der Waals surface area contributed by atoms with E-state index in [-0.39, 0.29) is 11.7 Å². The lowest BCUT2D eigenvalue weighted by Gasteiger charge is -2.08. The first kappa shape index (κ1) is 17.3. The minimum atomic E-state index is -0.149. The molecule has 0 aliphatic carbocycles. The number of aromatic hydroxyl groups is 1. The van der Waals surface area contributed by atoms with E-state index in [0.717, 1.165) is 15.6 Å². The molecule has 2 N–H and O–H groups in total. The van der Waals surface area contributed by atoms with Crippen LogP contribution in [0.5, 0.6) is 5.75 Å². The zero-order valence-corrected chi connectivity index (χ0v) is 15.7. The normalized spacial score (nSPS) is 10.9. The van der Waals surface area contributed by atoms with Gasteiger partial charge in [0.1, 0.15) is 5.75 Å². The molecular formula is C23H19NO2S. The number of nitrogens with one attached hydrogen (secondary N) is 1. The predicted molar refractivity (Wildman–Crippen MR) is 112 cm³/mol. The molecule has 0 aliphatic heterocycles. The molecule has 0 spiro atoms. The first-order valence-corrected chi connectivity index (χ1v) is 9.58. The first-order chi connectivity index (χ1) is 13.1. The summed E-state index contributed by atoms with van der Waals surface area (Å²) in [7, 11) is 0. The molecule has 1 heterocycles. The molecule has 4 rings (SSSR count). The van der Waals surface area contributed by atoms with Crippen molar-refractivity contribution in [1.29, 1.82) is 0 Å². The van der Waals surface area contributed by atoms with Crippen LogP contribution in [0.2, 0.25) is 0 Å². The topological polar surface area (TPSA) is 49.3 Å². The van der Waals surface area contributed by atoms with E-state index < -0.39 is 0 Å². The van der Waals surface area contributed by atoms with Crippen LogP contribution in [0.4, 0.5) is 5.69 Å². The second kappa shape index (κ2) is 7.25.